The lowest BCUT2D eigenvalue weighted by Crippen LogP contribution is -2.30. The van der Waals surface area contributed by atoms with Crippen LogP contribution in [0.5, 0.6) is 0 Å². The summed E-state index contributed by atoms with van der Waals surface area (Å²) >= 11 is 1.61. The van der Waals surface area contributed by atoms with Gasteiger partial charge in [-0.15, -0.1) is 11.8 Å². The number of hydrogen-bond acceptors (Lipinski definition) is 3. The van der Waals surface area contributed by atoms with Crippen LogP contribution >= 0.6 is 11.8 Å². The minimum Gasteiger partial charge on any atom is -0.468 e. The highest BCUT2D eigenvalue weighted by Gasteiger charge is 2.22. The van der Waals surface area contributed by atoms with Crippen LogP contribution in [-0.2, 0) is 4.79 Å². The fraction of sp³-hybridized carbons (Fsp3) is 0.545. The Bertz CT molecular complexity index is 348. The van der Waals surface area contributed by atoms with Gasteiger partial charge < -0.3 is 9.73 Å². The van der Waals surface area contributed by atoms with E-state index in [2.05, 4.69) is 5.32 Å². The van der Waals surface area contributed by atoms with Gasteiger partial charge in [0.25, 0.3) is 0 Å². The van der Waals surface area contributed by atoms with Crippen LogP contribution in [0, 0.1) is 6.92 Å². The molecule has 1 aromatic heterocycles. The summed E-state index contributed by atoms with van der Waals surface area (Å²) in [6.07, 6.45) is 4.84. The van der Waals surface area contributed by atoms with Crippen molar-refractivity contribution in [2.45, 2.75) is 36.3 Å². The molecule has 1 aliphatic rings. The summed E-state index contributed by atoms with van der Waals surface area (Å²) < 4.78 is 5.22. The van der Waals surface area contributed by atoms with Crippen molar-refractivity contribution in [2.75, 3.05) is 6.54 Å². The zero-order valence-electron chi connectivity index (χ0n) is 8.79. The summed E-state index contributed by atoms with van der Waals surface area (Å²) in [5.41, 5.74) is 0. The number of nitrogens with one attached hydrogen (secondary N) is 1. The predicted octanol–water partition coefficient (Wildman–Crippen LogP) is 2.35. The Balaban J connectivity index is 2.03. The lowest BCUT2D eigenvalue weighted by molar-refractivity contribution is -0.120. The molecule has 1 saturated heterocycles. The van der Waals surface area contributed by atoms with Gasteiger partial charge in [-0.25, -0.2) is 0 Å². The van der Waals surface area contributed by atoms with E-state index >= 15 is 0 Å². The van der Waals surface area contributed by atoms with Crippen molar-refractivity contribution < 1.29 is 9.21 Å². The van der Waals surface area contributed by atoms with Crippen LogP contribution in [0.3, 0.4) is 0 Å². The second kappa shape index (κ2) is 4.75. The Morgan fingerprint density at radius 1 is 1.53 bits per heavy atom. The highest BCUT2D eigenvalue weighted by Crippen LogP contribution is 2.30. The molecule has 2 heterocycles. The Morgan fingerprint density at radius 3 is 3.13 bits per heavy atom. The fourth-order valence-corrected chi connectivity index (χ4v) is 2.80. The van der Waals surface area contributed by atoms with Crippen LogP contribution < -0.4 is 5.32 Å². The van der Waals surface area contributed by atoms with Crippen molar-refractivity contribution in [1.82, 2.24) is 5.32 Å². The number of hydrogen-bond donors (Lipinski definition) is 1. The van der Waals surface area contributed by atoms with Gasteiger partial charge in [0.1, 0.15) is 5.76 Å². The quantitative estimate of drug-likeness (QED) is 0.840. The largest absolute Gasteiger partial charge is 0.468 e. The molecule has 15 heavy (non-hydrogen) atoms. The molecule has 0 bridgehead atoms. The van der Waals surface area contributed by atoms with Crippen molar-refractivity contribution in [3.8, 4) is 0 Å². The van der Waals surface area contributed by atoms with E-state index in [1.165, 1.54) is 0 Å². The Labute approximate surface area is 93.6 Å². The van der Waals surface area contributed by atoms with Gasteiger partial charge in [-0.2, -0.15) is 0 Å². The standard InChI is InChI=1S/C11H15NO2S/c1-8-9(5-7-14-8)15-10-4-2-3-6-12-11(10)13/h5,7,10H,2-4,6H2,1H3,(H,12,13)/t10-/m1/s1. The van der Waals surface area contributed by atoms with E-state index in [1.54, 1.807) is 18.0 Å². The highest BCUT2D eigenvalue weighted by molar-refractivity contribution is 8.00. The smallest absolute Gasteiger partial charge is 0.233 e. The van der Waals surface area contributed by atoms with Crippen LogP contribution in [0.25, 0.3) is 0 Å². The normalized spacial score (nSPS) is 22.2. The summed E-state index contributed by atoms with van der Waals surface area (Å²) in [5, 5.41) is 2.98. The molecule has 4 heteroatoms. The van der Waals surface area contributed by atoms with Crippen molar-refractivity contribution in [1.29, 1.82) is 0 Å². The van der Waals surface area contributed by atoms with Gasteiger partial charge in [0.15, 0.2) is 0 Å². The second-order valence-corrected chi connectivity index (χ2v) is 4.98. The topological polar surface area (TPSA) is 42.2 Å². The number of carbonyl (C=O) groups excluding carboxylic acids is 1. The van der Waals surface area contributed by atoms with Gasteiger partial charge in [0.2, 0.25) is 5.91 Å². The molecule has 0 radical (unpaired) electrons. The molecule has 1 atom stereocenters. The maximum atomic E-state index is 11.7. The maximum Gasteiger partial charge on any atom is 0.233 e. The molecular weight excluding hydrogens is 210 g/mol. The Hall–Kier alpha value is -0.900. The van der Waals surface area contributed by atoms with E-state index in [0.29, 0.717) is 0 Å². The van der Waals surface area contributed by atoms with E-state index in [1.807, 2.05) is 13.0 Å². The molecule has 1 N–H and O–H groups in total. The van der Waals surface area contributed by atoms with E-state index in [-0.39, 0.29) is 11.2 Å². The molecule has 0 unspecified atom stereocenters. The average Bonchev–Trinajstić information content (AvgIpc) is 2.50. The first-order valence-electron chi connectivity index (χ1n) is 5.26. The van der Waals surface area contributed by atoms with Crippen molar-refractivity contribution in [3.63, 3.8) is 0 Å². The van der Waals surface area contributed by atoms with E-state index in [0.717, 1.165) is 36.5 Å². The molecule has 1 amide bonds. The van der Waals surface area contributed by atoms with Crippen molar-refractivity contribution in [3.05, 3.63) is 18.1 Å². The first-order valence-corrected chi connectivity index (χ1v) is 6.14. The number of aryl methyl sites for hydroxylation is 1. The van der Waals surface area contributed by atoms with Gasteiger partial charge in [-0.3, -0.25) is 4.79 Å². The van der Waals surface area contributed by atoms with Crippen LogP contribution in [0.15, 0.2) is 21.6 Å². The minimum atomic E-state index is 0.0452. The third-order valence-corrected chi connectivity index (χ3v) is 3.98. The summed E-state index contributed by atoms with van der Waals surface area (Å²) in [6.45, 7) is 2.75. The molecule has 2 rings (SSSR count). The SMILES string of the molecule is Cc1occc1S[C@@H]1CCCCNC1=O. The molecule has 0 aliphatic carbocycles. The number of rotatable bonds is 2. The molecule has 0 aromatic carbocycles. The third kappa shape index (κ3) is 2.56. The van der Waals surface area contributed by atoms with Crippen molar-refractivity contribution in [2.24, 2.45) is 0 Å². The second-order valence-electron chi connectivity index (χ2n) is 3.73. The van der Waals surface area contributed by atoms with E-state index in [9.17, 15) is 4.79 Å². The van der Waals surface area contributed by atoms with Crippen LogP contribution in [0.1, 0.15) is 25.0 Å². The number of amides is 1. The first-order chi connectivity index (χ1) is 7.27. The van der Waals surface area contributed by atoms with E-state index in [4.69, 9.17) is 4.42 Å². The zero-order chi connectivity index (χ0) is 10.7. The highest BCUT2D eigenvalue weighted by atomic mass is 32.2. The number of thioether (sulfide) groups is 1. The van der Waals surface area contributed by atoms with Gasteiger partial charge in [0, 0.05) is 11.4 Å². The number of carbonyl (C=O) groups is 1. The average molecular weight is 225 g/mol. The maximum absolute atomic E-state index is 11.7. The molecule has 1 aromatic rings. The lowest BCUT2D eigenvalue weighted by Gasteiger charge is -2.11. The zero-order valence-corrected chi connectivity index (χ0v) is 9.60. The van der Waals surface area contributed by atoms with Crippen LogP contribution in [-0.4, -0.2) is 17.7 Å². The van der Waals surface area contributed by atoms with Gasteiger partial charge >= 0.3 is 0 Å². The summed E-state index contributed by atoms with van der Waals surface area (Å²) in [4.78, 5) is 12.8. The van der Waals surface area contributed by atoms with Gasteiger partial charge in [-0.05, 0) is 25.8 Å². The summed E-state index contributed by atoms with van der Waals surface area (Å²) in [5.74, 6) is 1.06. The van der Waals surface area contributed by atoms with Crippen LogP contribution in [0.4, 0.5) is 0 Å². The summed E-state index contributed by atoms with van der Waals surface area (Å²) in [7, 11) is 0. The fourth-order valence-electron chi connectivity index (χ4n) is 1.67. The summed E-state index contributed by atoms with van der Waals surface area (Å²) in [6, 6.07) is 1.93. The minimum absolute atomic E-state index is 0.0452. The molecular formula is C11H15NO2S. The molecule has 1 aliphatic heterocycles. The molecule has 1 fully saturated rings. The monoisotopic (exact) mass is 225 g/mol. The van der Waals surface area contributed by atoms with Crippen molar-refractivity contribution >= 4 is 17.7 Å². The van der Waals surface area contributed by atoms with Gasteiger partial charge in [-0.1, -0.05) is 6.42 Å². The number of furan rings is 1. The first kappa shape index (κ1) is 10.6. The van der Waals surface area contributed by atoms with Gasteiger partial charge in [0.05, 0.1) is 11.5 Å². The van der Waals surface area contributed by atoms with E-state index < -0.39 is 0 Å². The Kier molecular flexibility index (Phi) is 3.36. The third-order valence-electron chi connectivity index (χ3n) is 2.57. The molecule has 82 valence electrons. The van der Waals surface area contributed by atoms with Crippen LogP contribution in [0.2, 0.25) is 0 Å². The molecule has 0 spiro atoms. The molecule has 0 saturated carbocycles. The Morgan fingerprint density at radius 2 is 2.40 bits per heavy atom. The lowest BCUT2D eigenvalue weighted by atomic mass is 10.2. The molecule has 3 nitrogen and oxygen atoms in total. The predicted molar refractivity (Wildman–Crippen MR) is 60.0 cm³/mol.